The first kappa shape index (κ1) is 10.4. The molecule has 0 aliphatic rings. The zero-order valence-corrected chi connectivity index (χ0v) is 8.80. The summed E-state index contributed by atoms with van der Waals surface area (Å²) in [6.45, 7) is 1.72. The molecule has 0 saturated heterocycles. The average Bonchev–Trinajstić information content (AvgIpc) is 2.32. The lowest BCUT2D eigenvalue weighted by molar-refractivity contribution is -0.116. The van der Waals surface area contributed by atoms with Gasteiger partial charge in [0, 0.05) is 24.1 Å². The van der Waals surface area contributed by atoms with E-state index >= 15 is 0 Å². The van der Waals surface area contributed by atoms with Gasteiger partial charge < -0.3 is 0 Å². The molecule has 0 fully saturated rings. The molecular formula is C11H11N3O2. The topological polar surface area (TPSA) is 64.0 Å². The maximum absolute atomic E-state index is 11.6. The van der Waals surface area contributed by atoms with Crippen molar-refractivity contribution < 1.29 is 4.79 Å². The third kappa shape index (κ3) is 1.79. The largest absolute Gasteiger partial charge is 0.273 e. The first-order chi connectivity index (χ1) is 7.72. The number of aromatic nitrogens is 2. The second-order valence-electron chi connectivity index (χ2n) is 3.31. The molecule has 2 rings (SSSR count). The highest BCUT2D eigenvalue weighted by molar-refractivity contribution is 5.85. The zero-order chi connectivity index (χ0) is 11.5. The summed E-state index contributed by atoms with van der Waals surface area (Å²) in [5.74, 6) is -0.222. The number of pyridine rings is 2. The molecule has 0 aliphatic heterocycles. The van der Waals surface area contributed by atoms with Crippen molar-refractivity contribution in [1.29, 1.82) is 0 Å². The Morgan fingerprint density at radius 2 is 2.25 bits per heavy atom. The molecule has 2 aromatic heterocycles. The van der Waals surface area contributed by atoms with Gasteiger partial charge in [0.2, 0.25) is 5.91 Å². The Morgan fingerprint density at radius 3 is 3.00 bits per heavy atom. The van der Waals surface area contributed by atoms with E-state index in [1.165, 1.54) is 10.7 Å². The SMILES string of the molecule is CCC(=O)Nn1c(=O)ccc2cccnc21. The molecule has 82 valence electrons. The number of carbonyl (C=O) groups excluding carboxylic acids is 1. The van der Waals surface area contributed by atoms with Crippen molar-refractivity contribution in [2.45, 2.75) is 13.3 Å². The summed E-state index contributed by atoms with van der Waals surface area (Å²) in [7, 11) is 0. The third-order valence-electron chi connectivity index (χ3n) is 2.21. The Kier molecular flexibility index (Phi) is 2.68. The van der Waals surface area contributed by atoms with E-state index in [1.807, 2.05) is 6.07 Å². The minimum absolute atomic E-state index is 0.222. The maximum Gasteiger partial charge on any atom is 0.271 e. The summed E-state index contributed by atoms with van der Waals surface area (Å²) in [6.07, 6.45) is 1.89. The van der Waals surface area contributed by atoms with Gasteiger partial charge in [0.25, 0.3) is 5.56 Å². The summed E-state index contributed by atoms with van der Waals surface area (Å²) in [4.78, 5) is 26.9. The summed E-state index contributed by atoms with van der Waals surface area (Å²) in [5, 5.41) is 0.804. The lowest BCUT2D eigenvalue weighted by Gasteiger charge is -2.09. The van der Waals surface area contributed by atoms with Crippen LogP contribution in [0.5, 0.6) is 0 Å². The Morgan fingerprint density at radius 1 is 1.44 bits per heavy atom. The van der Waals surface area contributed by atoms with Gasteiger partial charge in [0.1, 0.15) is 0 Å². The van der Waals surface area contributed by atoms with Crippen LogP contribution in [0.4, 0.5) is 0 Å². The highest BCUT2D eigenvalue weighted by Gasteiger charge is 2.05. The summed E-state index contributed by atoms with van der Waals surface area (Å²) in [6, 6.07) is 6.69. The molecule has 0 spiro atoms. The van der Waals surface area contributed by atoms with Crippen LogP contribution in [-0.4, -0.2) is 15.6 Å². The Bertz CT molecular complexity index is 589. The molecule has 16 heavy (non-hydrogen) atoms. The molecule has 5 heteroatoms. The number of hydrogen-bond acceptors (Lipinski definition) is 3. The third-order valence-corrected chi connectivity index (χ3v) is 2.21. The van der Waals surface area contributed by atoms with Gasteiger partial charge >= 0.3 is 0 Å². The molecule has 0 aromatic carbocycles. The fourth-order valence-electron chi connectivity index (χ4n) is 1.38. The standard InChI is InChI=1S/C11H11N3O2/c1-2-9(15)13-14-10(16)6-5-8-4-3-7-12-11(8)14/h3-7H,2H2,1H3,(H,13,15). The van der Waals surface area contributed by atoms with E-state index < -0.39 is 0 Å². The number of nitrogens with one attached hydrogen (secondary N) is 1. The molecule has 1 amide bonds. The lowest BCUT2D eigenvalue weighted by atomic mass is 10.3. The van der Waals surface area contributed by atoms with Crippen LogP contribution in [0, 0.1) is 0 Å². The number of rotatable bonds is 2. The molecule has 0 atom stereocenters. The molecule has 1 N–H and O–H groups in total. The van der Waals surface area contributed by atoms with Gasteiger partial charge in [0.15, 0.2) is 5.65 Å². The van der Waals surface area contributed by atoms with Crippen LogP contribution in [0.1, 0.15) is 13.3 Å². The highest BCUT2D eigenvalue weighted by Crippen LogP contribution is 2.06. The van der Waals surface area contributed by atoms with E-state index in [0.29, 0.717) is 12.1 Å². The minimum Gasteiger partial charge on any atom is -0.273 e. The van der Waals surface area contributed by atoms with Crippen molar-refractivity contribution in [1.82, 2.24) is 9.66 Å². The monoisotopic (exact) mass is 217 g/mol. The lowest BCUT2D eigenvalue weighted by Crippen LogP contribution is -2.32. The van der Waals surface area contributed by atoms with E-state index in [-0.39, 0.29) is 11.5 Å². The van der Waals surface area contributed by atoms with E-state index in [0.717, 1.165) is 5.39 Å². The molecule has 2 aromatic rings. The first-order valence-corrected chi connectivity index (χ1v) is 4.99. The van der Waals surface area contributed by atoms with Gasteiger partial charge in [-0.25, -0.2) is 4.98 Å². The summed E-state index contributed by atoms with van der Waals surface area (Å²) < 4.78 is 1.17. The number of nitrogens with zero attached hydrogens (tertiary/aromatic N) is 2. The molecular weight excluding hydrogens is 206 g/mol. The highest BCUT2D eigenvalue weighted by atomic mass is 16.2. The Hall–Kier alpha value is -2.17. The van der Waals surface area contributed by atoms with Crippen LogP contribution in [-0.2, 0) is 4.79 Å². The van der Waals surface area contributed by atoms with Crippen LogP contribution >= 0.6 is 0 Å². The van der Waals surface area contributed by atoms with E-state index in [2.05, 4.69) is 10.4 Å². The second kappa shape index (κ2) is 4.14. The quantitative estimate of drug-likeness (QED) is 0.812. The van der Waals surface area contributed by atoms with Crippen molar-refractivity contribution >= 4 is 16.9 Å². The van der Waals surface area contributed by atoms with Gasteiger partial charge in [-0.3, -0.25) is 15.0 Å². The Balaban J connectivity index is 2.61. The minimum atomic E-state index is -0.298. The summed E-state index contributed by atoms with van der Waals surface area (Å²) in [5.41, 5.74) is 2.66. The number of amides is 1. The van der Waals surface area contributed by atoms with E-state index in [4.69, 9.17) is 0 Å². The van der Waals surface area contributed by atoms with Gasteiger partial charge in [0.05, 0.1) is 0 Å². The molecule has 2 heterocycles. The summed E-state index contributed by atoms with van der Waals surface area (Å²) >= 11 is 0. The predicted molar refractivity (Wildman–Crippen MR) is 60.7 cm³/mol. The van der Waals surface area contributed by atoms with Crippen LogP contribution in [0.25, 0.3) is 11.0 Å². The normalized spacial score (nSPS) is 10.3. The molecule has 0 aliphatic carbocycles. The van der Waals surface area contributed by atoms with Gasteiger partial charge in [-0.15, -0.1) is 0 Å². The molecule has 0 bridgehead atoms. The predicted octanol–water partition coefficient (Wildman–Crippen LogP) is 0.877. The smallest absolute Gasteiger partial charge is 0.271 e. The first-order valence-electron chi connectivity index (χ1n) is 4.99. The van der Waals surface area contributed by atoms with Crippen LogP contribution in [0.15, 0.2) is 35.3 Å². The van der Waals surface area contributed by atoms with Crippen LogP contribution in [0.3, 0.4) is 0 Å². The average molecular weight is 217 g/mol. The van der Waals surface area contributed by atoms with Crippen molar-refractivity contribution in [3.63, 3.8) is 0 Å². The van der Waals surface area contributed by atoms with Crippen molar-refractivity contribution in [3.8, 4) is 0 Å². The Labute approximate surface area is 91.7 Å². The molecule has 0 saturated carbocycles. The fourth-order valence-corrected chi connectivity index (χ4v) is 1.38. The van der Waals surface area contributed by atoms with Gasteiger partial charge in [-0.05, 0) is 18.2 Å². The zero-order valence-electron chi connectivity index (χ0n) is 8.80. The molecule has 0 radical (unpaired) electrons. The second-order valence-corrected chi connectivity index (χ2v) is 3.31. The number of hydrogen-bond donors (Lipinski definition) is 1. The van der Waals surface area contributed by atoms with Crippen LogP contribution in [0.2, 0.25) is 0 Å². The number of fused-ring (bicyclic) bond motifs is 1. The van der Waals surface area contributed by atoms with Crippen molar-refractivity contribution in [2.24, 2.45) is 0 Å². The fraction of sp³-hybridized carbons (Fsp3) is 0.182. The maximum atomic E-state index is 11.6. The van der Waals surface area contributed by atoms with Crippen LogP contribution < -0.4 is 11.0 Å². The van der Waals surface area contributed by atoms with Gasteiger partial charge in [-0.1, -0.05) is 6.92 Å². The van der Waals surface area contributed by atoms with E-state index in [9.17, 15) is 9.59 Å². The molecule has 5 nitrogen and oxygen atoms in total. The van der Waals surface area contributed by atoms with E-state index in [1.54, 1.807) is 25.3 Å². The van der Waals surface area contributed by atoms with Crippen molar-refractivity contribution in [2.75, 3.05) is 5.43 Å². The van der Waals surface area contributed by atoms with Gasteiger partial charge in [-0.2, -0.15) is 4.68 Å². The number of carbonyl (C=O) groups is 1. The molecule has 0 unspecified atom stereocenters. The van der Waals surface area contributed by atoms with Crippen molar-refractivity contribution in [3.05, 3.63) is 40.8 Å².